The van der Waals surface area contributed by atoms with Gasteiger partial charge in [-0.15, -0.1) is 0 Å². The standard InChI is InChI=1S/C17H24N2O5S/c1-3-24-15(20)14-6-4-13(5-7-14)12-19-16(21)17(25(2,22)23)8-10-18-11-9-17/h4-7,18H,3,8-12H2,1-2H3,(H,19,21). The summed E-state index contributed by atoms with van der Waals surface area (Å²) in [4.78, 5) is 24.2. The van der Waals surface area contributed by atoms with Gasteiger partial charge in [-0.2, -0.15) is 0 Å². The number of hydrogen-bond donors (Lipinski definition) is 2. The van der Waals surface area contributed by atoms with E-state index in [2.05, 4.69) is 10.6 Å². The Bertz CT molecular complexity index is 722. The Balaban J connectivity index is 2.04. The highest BCUT2D eigenvalue weighted by atomic mass is 32.2. The first kappa shape index (κ1) is 19.4. The number of sulfone groups is 1. The Morgan fingerprint density at radius 1 is 1.20 bits per heavy atom. The summed E-state index contributed by atoms with van der Waals surface area (Å²) in [6, 6.07) is 6.66. The van der Waals surface area contributed by atoms with Gasteiger partial charge in [0.25, 0.3) is 0 Å². The number of nitrogens with one attached hydrogen (secondary N) is 2. The van der Waals surface area contributed by atoms with Crippen molar-refractivity contribution >= 4 is 21.7 Å². The molecule has 2 N–H and O–H groups in total. The smallest absolute Gasteiger partial charge is 0.338 e. The van der Waals surface area contributed by atoms with Gasteiger partial charge in [-0.3, -0.25) is 4.79 Å². The molecule has 0 saturated carbocycles. The zero-order chi connectivity index (χ0) is 18.5. The average Bonchev–Trinajstić information content (AvgIpc) is 2.60. The maximum Gasteiger partial charge on any atom is 0.338 e. The van der Waals surface area contributed by atoms with E-state index in [4.69, 9.17) is 4.74 Å². The summed E-state index contributed by atoms with van der Waals surface area (Å²) in [5, 5.41) is 5.81. The van der Waals surface area contributed by atoms with Crippen LogP contribution in [-0.4, -0.2) is 51.0 Å². The van der Waals surface area contributed by atoms with Crippen molar-refractivity contribution in [2.45, 2.75) is 31.1 Å². The average molecular weight is 368 g/mol. The number of benzene rings is 1. The molecule has 1 aromatic rings. The molecule has 0 aromatic heterocycles. The van der Waals surface area contributed by atoms with Crippen LogP contribution in [0.25, 0.3) is 0 Å². The fourth-order valence-corrected chi connectivity index (χ4v) is 4.27. The summed E-state index contributed by atoms with van der Waals surface area (Å²) in [7, 11) is -3.53. The van der Waals surface area contributed by atoms with E-state index >= 15 is 0 Å². The number of rotatable bonds is 6. The monoisotopic (exact) mass is 368 g/mol. The molecule has 1 aliphatic heterocycles. The van der Waals surface area contributed by atoms with Crippen molar-refractivity contribution in [3.05, 3.63) is 35.4 Å². The predicted molar refractivity (Wildman–Crippen MR) is 93.9 cm³/mol. The van der Waals surface area contributed by atoms with Gasteiger partial charge >= 0.3 is 5.97 Å². The number of ether oxygens (including phenoxy) is 1. The molecular weight excluding hydrogens is 344 g/mol. The zero-order valence-electron chi connectivity index (χ0n) is 14.5. The van der Waals surface area contributed by atoms with Crippen molar-refractivity contribution in [1.82, 2.24) is 10.6 Å². The van der Waals surface area contributed by atoms with Crippen LogP contribution < -0.4 is 10.6 Å². The second kappa shape index (κ2) is 7.97. The molecule has 1 aliphatic rings. The number of hydrogen-bond acceptors (Lipinski definition) is 6. The van der Waals surface area contributed by atoms with Gasteiger partial charge in [0.05, 0.1) is 12.2 Å². The van der Waals surface area contributed by atoms with Gasteiger partial charge in [0.1, 0.15) is 0 Å². The maximum atomic E-state index is 12.6. The first-order valence-corrected chi connectivity index (χ1v) is 10.1. The van der Waals surface area contributed by atoms with Crippen molar-refractivity contribution in [1.29, 1.82) is 0 Å². The molecule has 1 fully saturated rings. The highest BCUT2D eigenvalue weighted by molar-refractivity contribution is 7.92. The molecule has 0 spiro atoms. The van der Waals surface area contributed by atoms with E-state index in [9.17, 15) is 18.0 Å². The molecule has 7 nitrogen and oxygen atoms in total. The summed E-state index contributed by atoms with van der Waals surface area (Å²) in [5.41, 5.74) is 1.21. The maximum absolute atomic E-state index is 12.6. The number of esters is 1. The number of carbonyl (C=O) groups is 2. The van der Waals surface area contributed by atoms with Crippen molar-refractivity contribution in [2.24, 2.45) is 0 Å². The number of amides is 1. The van der Waals surface area contributed by atoms with Crippen molar-refractivity contribution in [3.8, 4) is 0 Å². The lowest BCUT2D eigenvalue weighted by molar-refractivity contribution is -0.124. The zero-order valence-corrected chi connectivity index (χ0v) is 15.3. The van der Waals surface area contributed by atoms with Crippen LogP contribution in [0.1, 0.15) is 35.7 Å². The van der Waals surface area contributed by atoms with Crippen LogP contribution in [0.4, 0.5) is 0 Å². The van der Waals surface area contributed by atoms with Crippen LogP contribution in [0.15, 0.2) is 24.3 Å². The fourth-order valence-electron chi connectivity index (χ4n) is 2.91. The van der Waals surface area contributed by atoms with Crippen LogP contribution in [0.5, 0.6) is 0 Å². The van der Waals surface area contributed by atoms with Gasteiger partial charge in [0.15, 0.2) is 14.6 Å². The molecule has 0 radical (unpaired) electrons. The SMILES string of the molecule is CCOC(=O)c1ccc(CNC(=O)C2(S(C)(=O)=O)CCNCC2)cc1. The molecule has 1 saturated heterocycles. The van der Waals surface area contributed by atoms with E-state index in [-0.39, 0.29) is 19.4 Å². The number of carbonyl (C=O) groups excluding carboxylic acids is 2. The summed E-state index contributed by atoms with van der Waals surface area (Å²) in [5.74, 6) is -0.866. The number of piperidine rings is 1. The molecule has 0 aliphatic carbocycles. The molecule has 138 valence electrons. The predicted octanol–water partition coefficient (Wildman–Crippen LogP) is 0.646. The van der Waals surface area contributed by atoms with Gasteiger partial charge in [-0.25, -0.2) is 13.2 Å². The molecule has 0 atom stereocenters. The minimum atomic E-state index is -3.53. The normalized spacial score (nSPS) is 16.9. The second-order valence-electron chi connectivity index (χ2n) is 6.12. The van der Waals surface area contributed by atoms with E-state index in [0.717, 1.165) is 11.8 Å². The summed E-state index contributed by atoms with van der Waals surface area (Å²) < 4.78 is 27.9. The molecule has 1 amide bonds. The highest BCUT2D eigenvalue weighted by Gasteiger charge is 2.48. The molecule has 0 unspecified atom stereocenters. The van der Waals surface area contributed by atoms with Crippen molar-refractivity contribution in [3.63, 3.8) is 0 Å². The Morgan fingerprint density at radius 3 is 2.32 bits per heavy atom. The van der Waals surface area contributed by atoms with Crippen LogP contribution in [0.3, 0.4) is 0 Å². The first-order chi connectivity index (χ1) is 11.8. The molecule has 1 heterocycles. The van der Waals surface area contributed by atoms with E-state index in [1.807, 2.05) is 0 Å². The molecule has 8 heteroatoms. The van der Waals surface area contributed by atoms with E-state index in [1.165, 1.54) is 0 Å². The molecule has 0 bridgehead atoms. The highest BCUT2D eigenvalue weighted by Crippen LogP contribution is 2.28. The van der Waals surface area contributed by atoms with Gasteiger partial charge in [0.2, 0.25) is 5.91 Å². The summed E-state index contributed by atoms with van der Waals surface area (Å²) >= 11 is 0. The summed E-state index contributed by atoms with van der Waals surface area (Å²) in [6.45, 7) is 3.23. The van der Waals surface area contributed by atoms with Crippen LogP contribution in [0, 0.1) is 0 Å². The lowest BCUT2D eigenvalue weighted by Gasteiger charge is -2.34. The summed E-state index contributed by atoms with van der Waals surface area (Å²) in [6.07, 6.45) is 1.64. The molecule has 2 rings (SSSR count). The first-order valence-electron chi connectivity index (χ1n) is 8.25. The van der Waals surface area contributed by atoms with E-state index in [1.54, 1.807) is 31.2 Å². The lowest BCUT2D eigenvalue weighted by atomic mass is 9.95. The fraction of sp³-hybridized carbons (Fsp3) is 0.529. The van der Waals surface area contributed by atoms with Gasteiger partial charge < -0.3 is 15.4 Å². The quantitative estimate of drug-likeness (QED) is 0.715. The Kier molecular flexibility index (Phi) is 6.18. The second-order valence-corrected chi connectivity index (χ2v) is 8.44. The Hall–Kier alpha value is -1.93. The van der Waals surface area contributed by atoms with Gasteiger partial charge in [-0.1, -0.05) is 12.1 Å². The van der Waals surface area contributed by atoms with Gasteiger partial charge in [0, 0.05) is 12.8 Å². The van der Waals surface area contributed by atoms with Crippen LogP contribution in [0.2, 0.25) is 0 Å². The van der Waals surface area contributed by atoms with E-state index < -0.39 is 26.5 Å². The topological polar surface area (TPSA) is 102 Å². The Morgan fingerprint density at radius 2 is 1.80 bits per heavy atom. The minimum Gasteiger partial charge on any atom is -0.462 e. The van der Waals surface area contributed by atoms with Crippen LogP contribution in [-0.2, 0) is 25.9 Å². The largest absolute Gasteiger partial charge is 0.462 e. The minimum absolute atomic E-state index is 0.201. The third-order valence-electron chi connectivity index (χ3n) is 4.45. The van der Waals surface area contributed by atoms with Crippen LogP contribution >= 0.6 is 0 Å². The van der Waals surface area contributed by atoms with Crippen molar-refractivity contribution in [2.75, 3.05) is 26.0 Å². The molecule has 1 aromatic carbocycles. The third-order valence-corrected chi connectivity index (χ3v) is 6.47. The molecular formula is C17H24N2O5S. The third kappa shape index (κ3) is 4.38. The van der Waals surface area contributed by atoms with Gasteiger partial charge in [-0.05, 0) is 50.6 Å². The molecule has 25 heavy (non-hydrogen) atoms. The lowest BCUT2D eigenvalue weighted by Crippen LogP contribution is -2.57. The Labute approximate surface area is 148 Å². The van der Waals surface area contributed by atoms with Crippen molar-refractivity contribution < 1.29 is 22.7 Å². The van der Waals surface area contributed by atoms with E-state index in [0.29, 0.717) is 25.3 Å².